The van der Waals surface area contributed by atoms with Crippen LogP contribution in [0.5, 0.6) is 11.5 Å². The van der Waals surface area contributed by atoms with Gasteiger partial charge in [-0.3, -0.25) is 10.1 Å². The van der Waals surface area contributed by atoms with E-state index in [1.807, 2.05) is 60.7 Å². The van der Waals surface area contributed by atoms with Crippen LogP contribution in [0, 0.1) is 0 Å². The smallest absolute Gasteiger partial charge is 0.261 e. The largest absolute Gasteiger partial charge is 0.493 e. The number of nitrogens with one attached hydrogen (secondary N) is 2. The predicted octanol–water partition coefficient (Wildman–Crippen LogP) is 5.57. The molecule has 1 amide bonds. The Balaban J connectivity index is 1.56. The number of ether oxygens (including phenoxy) is 2. The molecule has 3 aromatic rings. The molecule has 2 N–H and O–H groups in total. The van der Waals surface area contributed by atoms with Gasteiger partial charge in [0.15, 0.2) is 5.11 Å². The number of anilines is 1. The molecular formula is C25H26N2O3S. The first-order chi connectivity index (χ1) is 15.2. The SMILES string of the molecule is CCCCOc1ccccc1C(=O)NC(=S)Nc1cccc(OCc2ccccc2)c1. The molecule has 0 spiro atoms. The highest BCUT2D eigenvalue weighted by atomic mass is 32.1. The van der Waals surface area contributed by atoms with Crippen molar-refractivity contribution in [1.29, 1.82) is 0 Å². The monoisotopic (exact) mass is 434 g/mol. The minimum absolute atomic E-state index is 0.202. The van der Waals surface area contributed by atoms with Crippen LogP contribution in [0.1, 0.15) is 35.7 Å². The number of unbranched alkanes of at least 4 members (excludes halogenated alkanes) is 1. The summed E-state index contributed by atoms with van der Waals surface area (Å²) in [7, 11) is 0. The molecule has 0 aromatic heterocycles. The molecule has 3 rings (SSSR count). The van der Waals surface area contributed by atoms with Crippen LogP contribution < -0.4 is 20.1 Å². The second kappa shape index (κ2) is 11.7. The van der Waals surface area contributed by atoms with Gasteiger partial charge in [0.05, 0.1) is 12.2 Å². The second-order valence-electron chi connectivity index (χ2n) is 6.91. The van der Waals surface area contributed by atoms with Crippen molar-refractivity contribution in [3.63, 3.8) is 0 Å². The topological polar surface area (TPSA) is 59.6 Å². The third-order valence-corrected chi connectivity index (χ3v) is 4.66. The fraction of sp³-hybridized carbons (Fsp3) is 0.200. The van der Waals surface area contributed by atoms with Crippen molar-refractivity contribution < 1.29 is 14.3 Å². The Labute approximate surface area is 188 Å². The van der Waals surface area contributed by atoms with Gasteiger partial charge < -0.3 is 14.8 Å². The Morgan fingerprint density at radius 3 is 2.52 bits per heavy atom. The summed E-state index contributed by atoms with van der Waals surface area (Å²) in [6.07, 6.45) is 1.95. The summed E-state index contributed by atoms with van der Waals surface area (Å²) in [4.78, 5) is 12.7. The number of para-hydroxylation sites is 1. The molecule has 5 nitrogen and oxygen atoms in total. The predicted molar refractivity (Wildman–Crippen MR) is 128 cm³/mol. The van der Waals surface area contributed by atoms with E-state index in [4.69, 9.17) is 21.7 Å². The Morgan fingerprint density at radius 2 is 1.71 bits per heavy atom. The number of benzene rings is 3. The number of rotatable bonds is 9. The summed E-state index contributed by atoms with van der Waals surface area (Å²) in [5.41, 5.74) is 2.26. The van der Waals surface area contributed by atoms with Gasteiger partial charge in [-0.1, -0.05) is 61.9 Å². The van der Waals surface area contributed by atoms with Crippen LogP contribution >= 0.6 is 12.2 Å². The summed E-state index contributed by atoms with van der Waals surface area (Å²) >= 11 is 5.32. The summed E-state index contributed by atoms with van der Waals surface area (Å²) in [6.45, 7) is 3.13. The Kier molecular flexibility index (Phi) is 8.43. The lowest BCUT2D eigenvalue weighted by Gasteiger charge is -2.13. The molecule has 31 heavy (non-hydrogen) atoms. The van der Waals surface area contributed by atoms with Gasteiger partial charge >= 0.3 is 0 Å². The van der Waals surface area contributed by atoms with Gasteiger partial charge in [-0.05, 0) is 48.5 Å². The van der Waals surface area contributed by atoms with E-state index in [0.29, 0.717) is 30.3 Å². The average Bonchev–Trinajstić information content (AvgIpc) is 2.79. The van der Waals surface area contributed by atoms with Gasteiger partial charge in [-0.15, -0.1) is 0 Å². The number of carbonyl (C=O) groups is 1. The fourth-order valence-corrected chi connectivity index (χ4v) is 3.05. The zero-order valence-electron chi connectivity index (χ0n) is 17.5. The van der Waals surface area contributed by atoms with Crippen molar-refractivity contribution in [1.82, 2.24) is 5.32 Å². The van der Waals surface area contributed by atoms with Crippen LogP contribution in [0.3, 0.4) is 0 Å². The highest BCUT2D eigenvalue weighted by Crippen LogP contribution is 2.20. The van der Waals surface area contributed by atoms with E-state index in [1.165, 1.54) is 0 Å². The minimum atomic E-state index is -0.318. The van der Waals surface area contributed by atoms with Crippen molar-refractivity contribution in [2.45, 2.75) is 26.4 Å². The Bertz CT molecular complexity index is 1010. The van der Waals surface area contributed by atoms with Gasteiger partial charge in [-0.25, -0.2) is 0 Å². The average molecular weight is 435 g/mol. The number of hydrogen-bond donors (Lipinski definition) is 2. The summed E-state index contributed by atoms with van der Waals surface area (Å²) < 4.78 is 11.6. The van der Waals surface area contributed by atoms with E-state index >= 15 is 0 Å². The molecule has 0 heterocycles. The van der Waals surface area contributed by atoms with Crippen LogP contribution in [-0.2, 0) is 6.61 Å². The minimum Gasteiger partial charge on any atom is -0.493 e. The molecule has 0 radical (unpaired) electrons. The van der Waals surface area contributed by atoms with Crippen molar-refractivity contribution >= 4 is 28.9 Å². The van der Waals surface area contributed by atoms with E-state index in [1.54, 1.807) is 18.2 Å². The normalized spacial score (nSPS) is 10.2. The van der Waals surface area contributed by atoms with Crippen LogP contribution in [-0.4, -0.2) is 17.6 Å². The summed E-state index contributed by atoms with van der Waals surface area (Å²) in [6, 6.07) is 24.5. The molecule has 0 atom stereocenters. The molecule has 0 fully saturated rings. The van der Waals surface area contributed by atoms with Crippen molar-refractivity contribution in [2.75, 3.05) is 11.9 Å². The number of amides is 1. The maximum Gasteiger partial charge on any atom is 0.261 e. The van der Waals surface area contributed by atoms with Gasteiger partial charge in [-0.2, -0.15) is 0 Å². The number of thiocarbonyl (C=S) groups is 1. The molecule has 0 aliphatic rings. The van der Waals surface area contributed by atoms with Gasteiger partial charge in [0, 0.05) is 11.8 Å². The Morgan fingerprint density at radius 1 is 0.935 bits per heavy atom. The van der Waals surface area contributed by atoms with E-state index in [0.717, 1.165) is 24.1 Å². The zero-order chi connectivity index (χ0) is 21.9. The third-order valence-electron chi connectivity index (χ3n) is 4.45. The molecule has 0 aliphatic heterocycles. The second-order valence-corrected chi connectivity index (χ2v) is 7.32. The quantitative estimate of drug-likeness (QED) is 0.340. The first-order valence-electron chi connectivity index (χ1n) is 10.3. The van der Waals surface area contributed by atoms with Crippen LogP contribution in [0.2, 0.25) is 0 Å². The molecule has 6 heteroatoms. The van der Waals surface area contributed by atoms with E-state index in [2.05, 4.69) is 17.6 Å². The molecule has 3 aromatic carbocycles. The Hall–Kier alpha value is -3.38. The molecule has 0 aliphatic carbocycles. The lowest BCUT2D eigenvalue weighted by atomic mass is 10.2. The molecule has 160 valence electrons. The van der Waals surface area contributed by atoms with Crippen molar-refractivity contribution in [2.24, 2.45) is 0 Å². The molecule has 0 saturated heterocycles. The standard InChI is InChI=1S/C25H26N2O3S/c1-2-3-16-29-23-15-8-7-14-22(23)24(28)27-25(31)26-20-12-9-13-21(17-20)30-18-19-10-5-4-6-11-19/h4-15,17H,2-3,16,18H2,1H3,(H2,26,27,28,31). The highest BCUT2D eigenvalue weighted by molar-refractivity contribution is 7.80. The molecule has 0 bridgehead atoms. The van der Waals surface area contributed by atoms with Crippen molar-refractivity contribution in [3.05, 3.63) is 90.0 Å². The van der Waals surface area contributed by atoms with Crippen LogP contribution in [0.15, 0.2) is 78.9 Å². The fourth-order valence-electron chi connectivity index (χ4n) is 2.84. The zero-order valence-corrected chi connectivity index (χ0v) is 18.3. The summed E-state index contributed by atoms with van der Waals surface area (Å²) in [5, 5.41) is 5.95. The first-order valence-corrected chi connectivity index (χ1v) is 10.7. The van der Waals surface area contributed by atoms with Crippen LogP contribution in [0.25, 0.3) is 0 Å². The molecule has 0 saturated carbocycles. The van der Waals surface area contributed by atoms with E-state index in [-0.39, 0.29) is 11.0 Å². The van der Waals surface area contributed by atoms with E-state index in [9.17, 15) is 4.79 Å². The van der Waals surface area contributed by atoms with Crippen LogP contribution in [0.4, 0.5) is 5.69 Å². The van der Waals surface area contributed by atoms with E-state index < -0.39 is 0 Å². The molecular weight excluding hydrogens is 408 g/mol. The summed E-state index contributed by atoms with van der Waals surface area (Å²) in [5.74, 6) is 0.936. The van der Waals surface area contributed by atoms with Gasteiger partial charge in [0.2, 0.25) is 0 Å². The maximum atomic E-state index is 12.7. The highest BCUT2D eigenvalue weighted by Gasteiger charge is 2.13. The molecule has 0 unspecified atom stereocenters. The lowest BCUT2D eigenvalue weighted by molar-refractivity contribution is 0.0973. The first kappa shape index (κ1) is 22.3. The lowest BCUT2D eigenvalue weighted by Crippen LogP contribution is -2.34. The van der Waals surface area contributed by atoms with Gasteiger partial charge in [0.25, 0.3) is 5.91 Å². The number of carbonyl (C=O) groups excluding carboxylic acids is 1. The third kappa shape index (κ3) is 7.12. The maximum absolute atomic E-state index is 12.7. The van der Waals surface area contributed by atoms with Crippen molar-refractivity contribution in [3.8, 4) is 11.5 Å². The number of hydrogen-bond acceptors (Lipinski definition) is 4. The van der Waals surface area contributed by atoms with Gasteiger partial charge in [0.1, 0.15) is 18.1 Å².